The number of allylic oxidation sites excluding steroid dienone is 2. The van der Waals surface area contributed by atoms with Gasteiger partial charge < -0.3 is 10.2 Å². The van der Waals surface area contributed by atoms with Crippen LogP contribution in [0, 0.1) is 5.41 Å². The summed E-state index contributed by atoms with van der Waals surface area (Å²) in [5.41, 5.74) is 1.35. The van der Waals surface area contributed by atoms with Crippen molar-refractivity contribution in [3.05, 3.63) is 46.7 Å². The minimum Gasteiger partial charge on any atom is -0.511 e. The Kier molecular flexibility index (Phi) is 8.02. The minimum atomic E-state index is -0.817. The van der Waals surface area contributed by atoms with E-state index in [1.54, 1.807) is 24.3 Å². The highest BCUT2D eigenvalue weighted by Crippen LogP contribution is 2.36. The zero-order valence-corrected chi connectivity index (χ0v) is 19.8. The fraction of sp³-hybridized carbons (Fsp3) is 0.500. The molecule has 0 saturated heterocycles. The Bertz CT molecular complexity index is 1020. The average molecular weight is 469 g/mol. The molecule has 1 aromatic carbocycles. The second-order valence-electron chi connectivity index (χ2n) is 9.71. The molecule has 3 rings (SSSR count). The van der Waals surface area contributed by atoms with Gasteiger partial charge in [-0.15, -0.1) is 0 Å². The number of nitrogens with zero attached hydrogens (tertiary/aromatic N) is 2. The summed E-state index contributed by atoms with van der Waals surface area (Å²) in [5.74, 6) is -1.70. The van der Waals surface area contributed by atoms with Crippen molar-refractivity contribution in [2.24, 2.45) is 10.4 Å². The Balaban J connectivity index is 1.64. The lowest BCUT2D eigenvalue weighted by Gasteiger charge is -2.31. The van der Waals surface area contributed by atoms with Gasteiger partial charge in [0.1, 0.15) is 5.76 Å². The first-order chi connectivity index (χ1) is 16.1. The number of hydrogen-bond donors (Lipinski definition) is 2. The van der Waals surface area contributed by atoms with E-state index in [0.717, 1.165) is 6.42 Å². The Morgan fingerprint density at radius 1 is 0.941 bits per heavy atom. The van der Waals surface area contributed by atoms with Crippen molar-refractivity contribution in [2.45, 2.75) is 65.2 Å². The Labute approximate surface area is 199 Å². The largest absolute Gasteiger partial charge is 0.511 e. The number of Topliss-reactive ketones (excluding diaryl/α,β-unsaturated/α-hetero) is 1. The number of carboxylic acids is 1. The highest BCUT2D eigenvalue weighted by atomic mass is 16.4. The number of aliphatic hydroxyl groups is 1. The lowest BCUT2D eigenvalue weighted by atomic mass is 9.73. The molecule has 0 spiro atoms. The van der Waals surface area contributed by atoms with E-state index in [9.17, 15) is 24.3 Å². The van der Waals surface area contributed by atoms with Gasteiger partial charge in [-0.05, 0) is 43.2 Å². The van der Waals surface area contributed by atoms with Crippen LogP contribution in [0.2, 0.25) is 0 Å². The molecule has 182 valence electrons. The van der Waals surface area contributed by atoms with Crippen molar-refractivity contribution in [3.8, 4) is 0 Å². The first kappa shape index (κ1) is 25.3. The van der Waals surface area contributed by atoms with Gasteiger partial charge in [0.25, 0.3) is 11.8 Å². The maximum Gasteiger partial charge on any atom is 0.303 e. The second kappa shape index (κ2) is 10.8. The molecule has 1 aliphatic carbocycles. The molecule has 1 fully saturated rings. The van der Waals surface area contributed by atoms with E-state index in [-0.39, 0.29) is 53.7 Å². The van der Waals surface area contributed by atoms with Gasteiger partial charge in [-0.2, -0.15) is 0 Å². The van der Waals surface area contributed by atoms with Crippen molar-refractivity contribution in [1.82, 2.24) is 4.90 Å². The number of aliphatic hydroxyl groups excluding tert-OH is 1. The van der Waals surface area contributed by atoms with Crippen molar-refractivity contribution >= 4 is 29.3 Å². The molecule has 1 heterocycles. The first-order valence-electron chi connectivity index (χ1n) is 11.8. The standard InChI is InChI=1S/C26H32N2O6/c1-26(2)15-19(27-13-7-3-4-12-22(31)32)23(21(30)16-26)20(29)11-8-14-28-24(33)17-9-5-6-10-18(17)25(28)34/h5-6,9-10,29H,3-4,7-8,11-16H2,1-2H3,(H,31,32). The molecular formula is C26H32N2O6. The van der Waals surface area contributed by atoms with Crippen LogP contribution in [0.15, 0.2) is 40.6 Å². The van der Waals surface area contributed by atoms with Crippen molar-refractivity contribution in [2.75, 3.05) is 13.1 Å². The van der Waals surface area contributed by atoms with Crippen LogP contribution >= 0.6 is 0 Å². The molecule has 1 saturated carbocycles. The van der Waals surface area contributed by atoms with E-state index >= 15 is 0 Å². The number of ketones is 1. The smallest absolute Gasteiger partial charge is 0.303 e. The van der Waals surface area contributed by atoms with Gasteiger partial charge in [-0.25, -0.2) is 0 Å². The molecule has 8 heteroatoms. The molecule has 2 N–H and O–H groups in total. The van der Waals surface area contributed by atoms with E-state index in [0.29, 0.717) is 55.5 Å². The Morgan fingerprint density at radius 2 is 1.59 bits per heavy atom. The van der Waals surface area contributed by atoms with Gasteiger partial charge in [0, 0.05) is 38.1 Å². The minimum absolute atomic E-state index is 0.0539. The summed E-state index contributed by atoms with van der Waals surface area (Å²) in [5, 5.41) is 19.5. The fourth-order valence-electron chi connectivity index (χ4n) is 4.50. The zero-order chi connectivity index (χ0) is 24.9. The number of imide groups is 1. The molecule has 0 bridgehead atoms. The van der Waals surface area contributed by atoms with E-state index in [1.807, 2.05) is 13.8 Å². The third kappa shape index (κ3) is 5.98. The van der Waals surface area contributed by atoms with Gasteiger partial charge in [-0.1, -0.05) is 32.4 Å². The predicted molar refractivity (Wildman–Crippen MR) is 127 cm³/mol. The quantitative estimate of drug-likeness (QED) is 0.228. The number of fused-ring (bicyclic) bond motifs is 1. The third-order valence-corrected chi connectivity index (χ3v) is 6.17. The normalized spacial score (nSPS) is 20.1. The lowest BCUT2D eigenvalue weighted by Crippen LogP contribution is -2.33. The number of carbonyl (C=O) groups is 4. The summed E-state index contributed by atoms with van der Waals surface area (Å²) in [7, 11) is 0. The van der Waals surface area contributed by atoms with Crippen LogP contribution < -0.4 is 0 Å². The van der Waals surface area contributed by atoms with Crippen LogP contribution in [0.4, 0.5) is 0 Å². The van der Waals surface area contributed by atoms with Crippen LogP contribution in [0.5, 0.6) is 0 Å². The Morgan fingerprint density at radius 3 is 2.21 bits per heavy atom. The molecule has 0 atom stereocenters. The summed E-state index contributed by atoms with van der Waals surface area (Å²) >= 11 is 0. The number of benzene rings is 1. The maximum absolute atomic E-state index is 12.9. The number of amides is 2. The van der Waals surface area contributed by atoms with Gasteiger partial charge in [0.05, 0.1) is 16.7 Å². The number of rotatable bonds is 10. The number of aliphatic imine (C=N–C) groups is 1. The monoisotopic (exact) mass is 468 g/mol. The van der Waals surface area contributed by atoms with Gasteiger partial charge in [-0.3, -0.25) is 29.1 Å². The van der Waals surface area contributed by atoms with E-state index in [2.05, 4.69) is 4.99 Å². The summed E-state index contributed by atoms with van der Waals surface area (Å²) in [6.07, 6.45) is 3.50. The van der Waals surface area contributed by atoms with E-state index < -0.39 is 5.97 Å². The molecule has 1 aromatic rings. The van der Waals surface area contributed by atoms with Crippen LogP contribution in [0.3, 0.4) is 0 Å². The van der Waals surface area contributed by atoms with Crippen molar-refractivity contribution in [3.63, 3.8) is 0 Å². The predicted octanol–water partition coefficient (Wildman–Crippen LogP) is 4.35. The molecule has 0 unspecified atom stereocenters. The summed E-state index contributed by atoms with van der Waals surface area (Å²) in [6.45, 7) is 4.59. The highest BCUT2D eigenvalue weighted by Gasteiger charge is 2.37. The van der Waals surface area contributed by atoms with Gasteiger partial charge in [0.2, 0.25) is 0 Å². The van der Waals surface area contributed by atoms with Crippen molar-refractivity contribution < 1.29 is 29.4 Å². The van der Waals surface area contributed by atoms with Crippen LogP contribution in [0.25, 0.3) is 0 Å². The topological polar surface area (TPSA) is 124 Å². The van der Waals surface area contributed by atoms with E-state index in [4.69, 9.17) is 5.11 Å². The molecule has 2 amide bonds. The van der Waals surface area contributed by atoms with Gasteiger partial charge in [0.15, 0.2) is 5.78 Å². The summed E-state index contributed by atoms with van der Waals surface area (Å²) in [4.78, 5) is 54.3. The van der Waals surface area contributed by atoms with Gasteiger partial charge >= 0.3 is 5.97 Å². The molecule has 2 aliphatic rings. The van der Waals surface area contributed by atoms with Crippen LogP contribution in [-0.2, 0) is 9.59 Å². The second-order valence-corrected chi connectivity index (χ2v) is 9.71. The SMILES string of the molecule is CC1(C)CC(=O)C(=C(O)CCCN2C(=O)c3ccccc3C2=O)C(=NCCCCCC(=O)O)C1. The Hall–Kier alpha value is -3.29. The third-order valence-electron chi connectivity index (χ3n) is 6.17. The first-order valence-corrected chi connectivity index (χ1v) is 11.8. The molecular weight excluding hydrogens is 436 g/mol. The molecule has 34 heavy (non-hydrogen) atoms. The maximum atomic E-state index is 12.9. The molecule has 0 radical (unpaired) electrons. The highest BCUT2D eigenvalue weighted by molar-refractivity contribution is 6.24. The number of carbonyl (C=O) groups excluding carboxylic acids is 3. The lowest BCUT2D eigenvalue weighted by molar-refractivity contribution is -0.137. The molecule has 8 nitrogen and oxygen atoms in total. The number of hydrogen-bond acceptors (Lipinski definition) is 6. The van der Waals surface area contributed by atoms with E-state index in [1.165, 1.54) is 4.90 Å². The van der Waals surface area contributed by atoms with Crippen LogP contribution in [-0.4, -0.2) is 57.5 Å². The zero-order valence-electron chi connectivity index (χ0n) is 19.8. The fourth-order valence-corrected chi connectivity index (χ4v) is 4.50. The average Bonchev–Trinajstić information content (AvgIpc) is 3.00. The molecule has 0 aromatic heterocycles. The molecule has 1 aliphatic heterocycles. The summed E-state index contributed by atoms with van der Waals surface area (Å²) in [6, 6.07) is 6.68. The van der Waals surface area contributed by atoms with Crippen LogP contribution in [0.1, 0.15) is 85.9 Å². The number of carboxylic acid groups (broad SMARTS) is 1. The van der Waals surface area contributed by atoms with Crippen molar-refractivity contribution in [1.29, 1.82) is 0 Å². The number of aliphatic carboxylic acids is 1. The number of unbranched alkanes of at least 4 members (excludes halogenated alkanes) is 2. The summed E-state index contributed by atoms with van der Waals surface area (Å²) < 4.78 is 0.